The summed E-state index contributed by atoms with van der Waals surface area (Å²) in [4.78, 5) is 29.3. The maximum absolute atomic E-state index is 12.0. The molecule has 1 aromatic rings. The zero-order chi connectivity index (χ0) is 18.8. The number of likely N-dealkylation sites (tertiary alicyclic amines) is 2. The SMILES string of the molecule is CN1CC2(CCCN(Cc3cncn3C)C2)C1=O.O=C(O)C(F)(F)F. The highest BCUT2D eigenvalue weighted by molar-refractivity contribution is 5.88. The number of piperidine rings is 1. The van der Waals surface area contributed by atoms with Gasteiger partial charge in [0.1, 0.15) is 0 Å². The Morgan fingerprint density at radius 1 is 1.36 bits per heavy atom. The van der Waals surface area contributed by atoms with Gasteiger partial charge in [0.15, 0.2) is 0 Å². The fraction of sp³-hybridized carbons (Fsp3) is 0.667. The number of β-lactam (4-membered cyclic amide) rings is 1. The van der Waals surface area contributed by atoms with Gasteiger partial charge in [0.25, 0.3) is 0 Å². The van der Waals surface area contributed by atoms with Crippen molar-refractivity contribution in [1.29, 1.82) is 0 Å². The predicted molar refractivity (Wildman–Crippen MR) is 81.5 cm³/mol. The zero-order valence-corrected chi connectivity index (χ0v) is 14.1. The number of hydrogen-bond acceptors (Lipinski definition) is 4. The molecule has 1 N–H and O–H groups in total. The molecule has 0 aromatic carbocycles. The number of halogens is 3. The number of imidazole rings is 1. The number of alkyl halides is 3. The van der Waals surface area contributed by atoms with E-state index in [1.54, 1.807) is 0 Å². The number of amides is 1. The highest BCUT2D eigenvalue weighted by atomic mass is 19.4. The molecule has 1 amide bonds. The summed E-state index contributed by atoms with van der Waals surface area (Å²) in [5, 5.41) is 7.12. The molecule has 10 heteroatoms. The van der Waals surface area contributed by atoms with Crippen LogP contribution in [0.2, 0.25) is 0 Å². The molecule has 2 aliphatic heterocycles. The summed E-state index contributed by atoms with van der Waals surface area (Å²) in [5.41, 5.74) is 1.14. The molecule has 0 saturated carbocycles. The Morgan fingerprint density at radius 2 is 2.00 bits per heavy atom. The number of carbonyl (C=O) groups is 2. The first-order chi connectivity index (χ1) is 11.5. The van der Waals surface area contributed by atoms with Crippen molar-refractivity contribution in [2.45, 2.75) is 25.6 Å². The van der Waals surface area contributed by atoms with Gasteiger partial charge in [0.2, 0.25) is 5.91 Å². The van der Waals surface area contributed by atoms with Crippen molar-refractivity contribution >= 4 is 11.9 Å². The summed E-state index contributed by atoms with van der Waals surface area (Å²) < 4.78 is 33.8. The number of carboxylic acid groups (broad SMARTS) is 1. The third-order valence-electron chi connectivity index (χ3n) is 4.54. The Morgan fingerprint density at radius 3 is 2.44 bits per heavy atom. The van der Waals surface area contributed by atoms with Crippen molar-refractivity contribution in [1.82, 2.24) is 19.4 Å². The Hall–Kier alpha value is -2.10. The van der Waals surface area contributed by atoms with E-state index in [-0.39, 0.29) is 5.41 Å². The average Bonchev–Trinajstić information content (AvgIpc) is 2.92. The Balaban J connectivity index is 0.000000277. The van der Waals surface area contributed by atoms with Gasteiger partial charge in [-0.3, -0.25) is 9.69 Å². The van der Waals surface area contributed by atoms with E-state index < -0.39 is 12.1 Å². The minimum Gasteiger partial charge on any atom is -0.475 e. The van der Waals surface area contributed by atoms with E-state index in [1.165, 1.54) is 5.69 Å². The maximum Gasteiger partial charge on any atom is 0.490 e. The molecular formula is C15H21F3N4O3. The van der Waals surface area contributed by atoms with Crippen LogP contribution in [0, 0.1) is 5.41 Å². The van der Waals surface area contributed by atoms with Crippen molar-refractivity contribution in [3.8, 4) is 0 Å². The molecule has 25 heavy (non-hydrogen) atoms. The van der Waals surface area contributed by atoms with Crippen LogP contribution in [0.5, 0.6) is 0 Å². The first-order valence-electron chi connectivity index (χ1n) is 7.78. The molecule has 1 atom stereocenters. The summed E-state index contributed by atoms with van der Waals surface area (Å²) >= 11 is 0. The fourth-order valence-corrected chi connectivity index (χ4v) is 3.34. The van der Waals surface area contributed by atoms with E-state index in [0.29, 0.717) is 5.91 Å². The molecule has 0 radical (unpaired) electrons. The number of aryl methyl sites for hydroxylation is 1. The summed E-state index contributed by atoms with van der Waals surface area (Å²) in [6, 6.07) is 0. The Labute approximate surface area is 143 Å². The number of carboxylic acids is 1. The number of rotatable bonds is 2. The highest BCUT2D eigenvalue weighted by Crippen LogP contribution is 2.39. The zero-order valence-electron chi connectivity index (χ0n) is 14.1. The summed E-state index contributed by atoms with van der Waals surface area (Å²) in [7, 11) is 3.91. The Bertz CT molecular complexity index is 642. The molecule has 1 unspecified atom stereocenters. The number of carbonyl (C=O) groups excluding carboxylic acids is 1. The number of hydrogen-bond donors (Lipinski definition) is 1. The summed E-state index contributed by atoms with van der Waals surface area (Å²) in [6.45, 7) is 3.81. The molecule has 2 aliphatic rings. The molecule has 3 heterocycles. The summed E-state index contributed by atoms with van der Waals surface area (Å²) in [5.74, 6) is -2.43. The van der Waals surface area contributed by atoms with E-state index in [1.807, 2.05) is 31.5 Å². The quantitative estimate of drug-likeness (QED) is 0.798. The first kappa shape index (κ1) is 19.2. The molecule has 1 aromatic heterocycles. The smallest absolute Gasteiger partial charge is 0.475 e. The highest BCUT2D eigenvalue weighted by Gasteiger charge is 2.52. The standard InChI is InChI=1S/C13H20N4O.C2HF3O2/c1-15-8-13(12(15)18)4-3-5-17(9-13)7-11-6-14-10-16(11)2;3-2(4,5)1(6)7/h6,10H,3-5,7-9H2,1-2H3;(H,6,7). The lowest BCUT2D eigenvalue weighted by atomic mass is 9.72. The fourth-order valence-electron chi connectivity index (χ4n) is 3.34. The van der Waals surface area contributed by atoms with Crippen LogP contribution in [0.25, 0.3) is 0 Å². The second-order valence-corrected chi connectivity index (χ2v) is 6.55. The van der Waals surface area contributed by atoms with Gasteiger partial charge >= 0.3 is 12.1 Å². The van der Waals surface area contributed by atoms with Gasteiger partial charge in [-0.05, 0) is 19.4 Å². The van der Waals surface area contributed by atoms with Gasteiger partial charge in [-0.1, -0.05) is 0 Å². The molecular weight excluding hydrogens is 341 g/mol. The van der Waals surface area contributed by atoms with Gasteiger partial charge < -0.3 is 14.6 Å². The van der Waals surface area contributed by atoms with Gasteiger partial charge in [-0.15, -0.1) is 0 Å². The monoisotopic (exact) mass is 362 g/mol. The van der Waals surface area contributed by atoms with E-state index in [2.05, 4.69) is 14.5 Å². The van der Waals surface area contributed by atoms with Gasteiger partial charge in [-0.2, -0.15) is 13.2 Å². The van der Waals surface area contributed by atoms with Crippen molar-refractivity contribution in [3.63, 3.8) is 0 Å². The number of aliphatic carboxylic acids is 1. The first-order valence-corrected chi connectivity index (χ1v) is 7.78. The molecule has 3 rings (SSSR count). The number of nitrogens with zero attached hydrogens (tertiary/aromatic N) is 4. The lowest BCUT2D eigenvalue weighted by Crippen LogP contribution is -2.65. The van der Waals surface area contributed by atoms with E-state index in [4.69, 9.17) is 9.90 Å². The van der Waals surface area contributed by atoms with Crippen molar-refractivity contribution in [3.05, 3.63) is 18.2 Å². The lowest BCUT2D eigenvalue weighted by molar-refractivity contribution is -0.192. The summed E-state index contributed by atoms with van der Waals surface area (Å²) in [6.07, 6.45) is 0.836. The van der Waals surface area contributed by atoms with E-state index in [9.17, 15) is 18.0 Å². The van der Waals surface area contributed by atoms with Crippen LogP contribution in [0.15, 0.2) is 12.5 Å². The molecule has 0 aliphatic carbocycles. The molecule has 7 nitrogen and oxygen atoms in total. The maximum atomic E-state index is 12.0. The van der Waals surface area contributed by atoms with Crippen molar-refractivity contribution < 1.29 is 27.9 Å². The molecule has 2 saturated heterocycles. The van der Waals surface area contributed by atoms with Crippen molar-refractivity contribution in [2.24, 2.45) is 12.5 Å². The van der Waals surface area contributed by atoms with Crippen molar-refractivity contribution in [2.75, 3.05) is 26.7 Å². The molecule has 0 bridgehead atoms. The molecule has 1 spiro atoms. The van der Waals surface area contributed by atoms with Crippen LogP contribution in [-0.4, -0.2) is 69.2 Å². The minimum atomic E-state index is -5.08. The topological polar surface area (TPSA) is 78.7 Å². The van der Waals surface area contributed by atoms with E-state index in [0.717, 1.165) is 39.0 Å². The van der Waals surface area contributed by atoms with E-state index >= 15 is 0 Å². The molecule has 2 fully saturated rings. The normalized spacial score (nSPS) is 23.9. The minimum absolute atomic E-state index is 0.0778. The lowest BCUT2D eigenvalue weighted by Gasteiger charge is -2.52. The van der Waals surface area contributed by atoms with Gasteiger partial charge in [0, 0.05) is 39.9 Å². The van der Waals surface area contributed by atoms with Crippen LogP contribution < -0.4 is 0 Å². The second kappa shape index (κ2) is 7.03. The molecule has 140 valence electrons. The van der Waals surface area contributed by atoms with Gasteiger partial charge in [0.05, 0.1) is 17.4 Å². The van der Waals surface area contributed by atoms with Gasteiger partial charge in [-0.25, -0.2) is 9.78 Å². The van der Waals surface area contributed by atoms with Crippen LogP contribution in [0.4, 0.5) is 13.2 Å². The number of aromatic nitrogens is 2. The largest absolute Gasteiger partial charge is 0.490 e. The van der Waals surface area contributed by atoms with Crippen LogP contribution >= 0.6 is 0 Å². The predicted octanol–water partition coefficient (Wildman–Crippen LogP) is 1.11. The third-order valence-corrected chi connectivity index (χ3v) is 4.54. The van der Waals surface area contributed by atoms with Crippen LogP contribution in [0.1, 0.15) is 18.5 Å². The van der Waals surface area contributed by atoms with Crippen LogP contribution in [-0.2, 0) is 23.2 Å². The average molecular weight is 362 g/mol. The third kappa shape index (κ3) is 4.30. The Kier molecular flexibility index (Phi) is 5.40. The second-order valence-electron chi connectivity index (χ2n) is 6.55. The van der Waals surface area contributed by atoms with Crippen LogP contribution in [0.3, 0.4) is 0 Å².